The highest BCUT2D eigenvalue weighted by atomic mass is 13.8. The van der Waals surface area contributed by atoms with Crippen LogP contribution in [0.2, 0.25) is 0 Å². The average molecular weight is 216 g/mol. The van der Waals surface area contributed by atoms with Crippen LogP contribution in [0.25, 0.3) is 0 Å². The van der Waals surface area contributed by atoms with E-state index in [4.69, 9.17) is 0 Å². The largest absolute Gasteiger partial charge is 0.103 e. The Kier molecular flexibility index (Phi) is 16.7. The summed E-state index contributed by atoms with van der Waals surface area (Å²) in [5, 5.41) is 0. The first-order chi connectivity index (χ1) is 7.72. The summed E-state index contributed by atoms with van der Waals surface area (Å²) in [4.78, 5) is 0. The Morgan fingerprint density at radius 1 is 0.938 bits per heavy atom. The second-order valence-corrected chi connectivity index (χ2v) is 3.13. The molecule has 1 aromatic carbocycles. The van der Waals surface area contributed by atoms with Crippen molar-refractivity contribution in [3.63, 3.8) is 0 Å². The molecule has 1 aromatic rings. The molecule has 0 aliphatic heterocycles. The van der Waals surface area contributed by atoms with E-state index in [-0.39, 0.29) is 0 Å². The second kappa shape index (κ2) is 15.9. The quantitative estimate of drug-likeness (QED) is 0.586. The van der Waals surface area contributed by atoms with Gasteiger partial charge in [-0.2, -0.15) is 0 Å². The number of aryl methyl sites for hydroxylation is 1. The Morgan fingerprint density at radius 3 is 1.50 bits per heavy atom. The van der Waals surface area contributed by atoms with Crippen molar-refractivity contribution < 1.29 is 0 Å². The van der Waals surface area contributed by atoms with E-state index in [9.17, 15) is 0 Å². The van der Waals surface area contributed by atoms with Crippen molar-refractivity contribution in [2.24, 2.45) is 0 Å². The third-order valence-corrected chi connectivity index (χ3v) is 1.61. The molecule has 0 unspecified atom stereocenters. The normalized spacial score (nSPS) is 8.19. The van der Waals surface area contributed by atoms with Gasteiger partial charge >= 0.3 is 0 Å². The van der Waals surface area contributed by atoms with Gasteiger partial charge in [-0.3, -0.25) is 0 Å². The van der Waals surface area contributed by atoms with Crippen LogP contribution in [0.3, 0.4) is 0 Å². The Morgan fingerprint density at radius 2 is 1.38 bits per heavy atom. The smallest absolute Gasteiger partial charge is 0.0175 e. The molecule has 0 nitrogen and oxygen atoms in total. The molecule has 0 aromatic heterocycles. The lowest BCUT2D eigenvalue weighted by atomic mass is 10.2. The molecule has 0 radical (unpaired) electrons. The SMILES string of the molecule is C/C=C\C.C=CCC=C.Cc1ccccc1. The standard InChI is InChI=1S/C7H8.C5H8.C4H8/c1-7-5-3-2-4-6-7;1-3-5-4-2;1-3-4-2/h2-6H,1H3;3-4H,1-2,5H2;3-4H,1-2H3/b;;4-3-. The van der Waals surface area contributed by atoms with Gasteiger partial charge in [0, 0.05) is 0 Å². The number of allylic oxidation sites excluding steroid dienone is 4. The van der Waals surface area contributed by atoms with E-state index >= 15 is 0 Å². The van der Waals surface area contributed by atoms with Gasteiger partial charge in [-0.1, -0.05) is 60.2 Å². The molecule has 0 amide bonds. The van der Waals surface area contributed by atoms with Crippen LogP contribution in [0, 0.1) is 6.92 Å². The molecule has 0 atom stereocenters. The minimum Gasteiger partial charge on any atom is -0.103 e. The molecule has 0 aliphatic carbocycles. The molecule has 88 valence electrons. The van der Waals surface area contributed by atoms with Crippen LogP contribution in [0.1, 0.15) is 25.8 Å². The van der Waals surface area contributed by atoms with Crippen LogP contribution in [0.5, 0.6) is 0 Å². The van der Waals surface area contributed by atoms with Crippen LogP contribution >= 0.6 is 0 Å². The fourth-order valence-corrected chi connectivity index (χ4v) is 0.652. The molecular weight excluding hydrogens is 192 g/mol. The lowest BCUT2D eigenvalue weighted by Crippen LogP contribution is -1.62. The summed E-state index contributed by atoms with van der Waals surface area (Å²) in [5.74, 6) is 0. The minimum atomic E-state index is 0.917. The van der Waals surface area contributed by atoms with Gasteiger partial charge in [-0.05, 0) is 27.2 Å². The van der Waals surface area contributed by atoms with Crippen molar-refractivity contribution in [3.05, 3.63) is 73.4 Å². The van der Waals surface area contributed by atoms with E-state index in [1.54, 1.807) is 0 Å². The number of benzene rings is 1. The molecule has 0 heterocycles. The van der Waals surface area contributed by atoms with Crippen LogP contribution in [-0.2, 0) is 0 Å². The molecule has 0 aliphatic rings. The molecule has 0 saturated carbocycles. The van der Waals surface area contributed by atoms with Gasteiger partial charge in [0.25, 0.3) is 0 Å². The van der Waals surface area contributed by atoms with E-state index in [0.717, 1.165) is 6.42 Å². The van der Waals surface area contributed by atoms with Crippen molar-refractivity contribution in [3.8, 4) is 0 Å². The van der Waals surface area contributed by atoms with Crippen LogP contribution in [0.15, 0.2) is 67.8 Å². The molecule has 16 heavy (non-hydrogen) atoms. The van der Waals surface area contributed by atoms with Gasteiger partial charge in [0.2, 0.25) is 0 Å². The van der Waals surface area contributed by atoms with Gasteiger partial charge in [0.05, 0.1) is 0 Å². The molecule has 0 bridgehead atoms. The maximum atomic E-state index is 3.48. The molecule has 0 spiro atoms. The first-order valence-corrected chi connectivity index (χ1v) is 5.53. The zero-order valence-corrected chi connectivity index (χ0v) is 10.8. The summed E-state index contributed by atoms with van der Waals surface area (Å²) in [7, 11) is 0. The molecule has 0 N–H and O–H groups in total. The highest BCUT2D eigenvalue weighted by Crippen LogP contribution is 1.92. The van der Waals surface area contributed by atoms with E-state index in [1.807, 2.05) is 56.4 Å². The average Bonchev–Trinajstić information content (AvgIpc) is 2.32. The topological polar surface area (TPSA) is 0 Å². The number of rotatable bonds is 2. The predicted molar refractivity (Wildman–Crippen MR) is 76.7 cm³/mol. The number of hydrogen-bond acceptors (Lipinski definition) is 0. The van der Waals surface area contributed by atoms with Crippen molar-refractivity contribution >= 4 is 0 Å². The van der Waals surface area contributed by atoms with Gasteiger partial charge < -0.3 is 0 Å². The number of hydrogen-bond donors (Lipinski definition) is 0. The lowest BCUT2D eigenvalue weighted by molar-refractivity contribution is 1.42. The zero-order chi connectivity index (χ0) is 12.6. The highest BCUT2D eigenvalue weighted by Gasteiger charge is 1.72. The molecular formula is C16H24. The first kappa shape index (κ1) is 16.9. The second-order valence-electron chi connectivity index (χ2n) is 3.13. The minimum absolute atomic E-state index is 0.917. The lowest BCUT2D eigenvalue weighted by Gasteiger charge is -1.82. The van der Waals surface area contributed by atoms with Crippen molar-refractivity contribution in [2.45, 2.75) is 27.2 Å². The zero-order valence-electron chi connectivity index (χ0n) is 10.8. The van der Waals surface area contributed by atoms with E-state index in [0.29, 0.717) is 0 Å². The van der Waals surface area contributed by atoms with Crippen molar-refractivity contribution in [1.29, 1.82) is 0 Å². The monoisotopic (exact) mass is 216 g/mol. The first-order valence-electron chi connectivity index (χ1n) is 5.53. The van der Waals surface area contributed by atoms with E-state index in [1.165, 1.54) is 5.56 Å². The van der Waals surface area contributed by atoms with E-state index in [2.05, 4.69) is 32.2 Å². The summed E-state index contributed by atoms with van der Waals surface area (Å²) >= 11 is 0. The molecule has 1 rings (SSSR count). The molecule has 0 fully saturated rings. The maximum absolute atomic E-state index is 3.48. The van der Waals surface area contributed by atoms with Crippen LogP contribution in [-0.4, -0.2) is 0 Å². The van der Waals surface area contributed by atoms with Gasteiger partial charge in [0.15, 0.2) is 0 Å². The third-order valence-electron chi connectivity index (χ3n) is 1.61. The van der Waals surface area contributed by atoms with Crippen molar-refractivity contribution in [1.82, 2.24) is 0 Å². The van der Waals surface area contributed by atoms with Crippen molar-refractivity contribution in [2.75, 3.05) is 0 Å². The summed E-state index contributed by atoms with van der Waals surface area (Å²) < 4.78 is 0. The molecule has 0 saturated heterocycles. The fraction of sp³-hybridized carbons (Fsp3) is 0.250. The summed E-state index contributed by atoms with van der Waals surface area (Å²) in [6.45, 7) is 13.0. The van der Waals surface area contributed by atoms with Crippen LogP contribution in [0.4, 0.5) is 0 Å². The van der Waals surface area contributed by atoms with Gasteiger partial charge in [0.1, 0.15) is 0 Å². The Labute approximate surface area is 101 Å². The third kappa shape index (κ3) is 18.3. The Balaban J connectivity index is 0. The highest BCUT2D eigenvalue weighted by molar-refractivity contribution is 5.11. The predicted octanol–water partition coefficient (Wildman–Crippen LogP) is 5.33. The summed E-state index contributed by atoms with van der Waals surface area (Å²) in [5.41, 5.74) is 1.32. The maximum Gasteiger partial charge on any atom is -0.0175 e. The van der Waals surface area contributed by atoms with Gasteiger partial charge in [-0.25, -0.2) is 0 Å². The Bertz CT molecular complexity index is 257. The summed E-state index contributed by atoms with van der Waals surface area (Å²) in [6.07, 6.45) is 8.54. The van der Waals surface area contributed by atoms with Gasteiger partial charge in [-0.15, -0.1) is 13.2 Å². The Hall–Kier alpha value is -1.56. The molecule has 0 heteroatoms. The van der Waals surface area contributed by atoms with Crippen LogP contribution < -0.4 is 0 Å². The van der Waals surface area contributed by atoms with E-state index < -0.39 is 0 Å². The fourth-order valence-electron chi connectivity index (χ4n) is 0.652. The summed E-state index contributed by atoms with van der Waals surface area (Å²) in [6, 6.07) is 10.3.